The van der Waals surface area contributed by atoms with E-state index >= 15 is 0 Å². The molecule has 1 rings (SSSR count). The van der Waals surface area contributed by atoms with Gasteiger partial charge in [-0.15, -0.1) is 0 Å². The minimum Gasteiger partial charge on any atom is -0.368 e. The van der Waals surface area contributed by atoms with Gasteiger partial charge in [0.05, 0.1) is 5.54 Å². The molecule has 0 bridgehead atoms. The van der Waals surface area contributed by atoms with Crippen molar-refractivity contribution in [2.75, 3.05) is 13.6 Å². The fourth-order valence-corrected chi connectivity index (χ4v) is 3.51. The molecule has 0 saturated heterocycles. The number of amides is 1. The van der Waals surface area contributed by atoms with Crippen LogP contribution in [0.4, 0.5) is 0 Å². The lowest BCUT2D eigenvalue weighted by atomic mass is 9.77. The smallest absolute Gasteiger partial charge is 0.237 e. The summed E-state index contributed by atoms with van der Waals surface area (Å²) in [4.78, 5) is 14.4. The molecule has 2 atom stereocenters. The van der Waals surface area contributed by atoms with Crippen molar-refractivity contribution in [3.05, 3.63) is 0 Å². The molecule has 0 aromatic rings. The molecule has 1 fully saturated rings. The Labute approximate surface area is 124 Å². The van der Waals surface area contributed by atoms with Crippen molar-refractivity contribution in [1.82, 2.24) is 10.2 Å². The van der Waals surface area contributed by atoms with E-state index in [1.54, 1.807) is 0 Å². The van der Waals surface area contributed by atoms with Gasteiger partial charge in [-0.3, -0.25) is 9.69 Å². The van der Waals surface area contributed by atoms with Crippen LogP contribution in [0.3, 0.4) is 0 Å². The van der Waals surface area contributed by atoms with E-state index in [4.69, 9.17) is 5.73 Å². The van der Waals surface area contributed by atoms with Crippen LogP contribution in [0.25, 0.3) is 0 Å². The van der Waals surface area contributed by atoms with Gasteiger partial charge in [0, 0.05) is 12.1 Å². The summed E-state index contributed by atoms with van der Waals surface area (Å²) in [6.07, 6.45) is 7.75. The number of carbonyl (C=O) groups is 1. The first kappa shape index (κ1) is 17.4. The van der Waals surface area contributed by atoms with E-state index in [0.29, 0.717) is 12.1 Å². The molecule has 0 radical (unpaired) electrons. The number of hydrogen-bond donors (Lipinski definition) is 2. The first-order valence-corrected chi connectivity index (χ1v) is 8.21. The highest BCUT2D eigenvalue weighted by Crippen LogP contribution is 2.32. The van der Waals surface area contributed by atoms with E-state index in [-0.39, 0.29) is 5.91 Å². The van der Waals surface area contributed by atoms with Crippen LogP contribution < -0.4 is 11.1 Å². The predicted molar refractivity (Wildman–Crippen MR) is 84.6 cm³/mol. The Hall–Kier alpha value is -0.610. The van der Waals surface area contributed by atoms with E-state index in [0.717, 1.165) is 25.8 Å². The Balaban J connectivity index is 2.73. The molecule has 4 heteroatoms. The second-order valence-corrected chi connectivity index (χ2v) is 6.49. The zero-order valence-corrected chi connectivity index (χ0v) is 13.7. The van der Waals surface area contributed by atoms with Gasteiger partial charge in [0.15, 0.2) is 0 Å². The van der Waals surface area contributed by atoms with Crippen LogP contribution in [0.1, 0.15) is 65.7 Å². The summed E-state index contributed by atoms with van der Waals surface area (Å²) >= 11 is 0. The second-order valence-electron chi connectivity index (χ2n) is 6.49. The van der Waals surface area contributed by atoms with Gasteiger partial charge in [0.25, 0.3) is 0 Å². The minimum atomic E-state index is -0.499. The predicted octanol–water partition coefficient (Wildman–Crippen LogP) is 2.27. The van der Waals surface area contributed by atoms with E-state index in [1.807, 2.05) is 7.05 Å². The molecule has 4 nitrogen and oxygen atoms in total. The van der Waals surface area contributed by atoms with Gasteiger partial charge in [0.2, 0.25) is 5.91 Å². The van der Waals surface area contributed by atoms with Crippen molar-refractivity contribution in [1.29, 1.82) is 0 Å². The number of nitrogens with zero attached hydrogens (tertiary/aromatic N) is 1. The maximum Gasteiger partial charge on any atom is 0.237 e. The van der Waals surface area contributed by atoms with Crippen molar-refractivity contribution in [3.8, 4) is 0 Å². The largest absolute Gasteiger partial charge is 0.368 e. The number of nitrogens with two attached hydrogens (primary N) is 1. The molecule has 1 aliphatic carbocycles. The molecular formula is C16H33N3O. The van der Waals surface area contributed by atoms with Crippen LogP contribution in [0.2, 0.25) is 0 Å². The summed E-state index contributed by atoms with van der Waals surface area (Å²) in [6, 6.07) is 0.998. The lowest BCUT2D eigenvalue weighted by Gasteiger charge is -2.44. The van der Waals surface area contributed by atoms with E-state index < -0.39 is 5.54 Å². The van der Waals surface area contributed by atoms with Crippen LogP contribution in [0, 0.1) is 0 Å². The Kier molecular flexibility index (Phi) is 6.96. The SMILES string of the molecule is CCCCCN(C(C)C)C1CCCC(NC)(C(N)=O)C1. The van der Waals surface area contributed by atoms with Crippen molar-refractivity contribution in [2.45, 2.75) is 83.3 Å². The van der Waals surface area contributed by atoms with Crippen LogP contribution in [0.5, 0.6) is 0 Å². The minimum absolute atomic E-state index is 0.193. The molecule has 1 aliphatic rings. The molecule has 0 aromatic carbocycles. The highest BCUT2D eigenvalue weighted by Gasteiger charge is 2.41. The maximum atomic E-state index is 11.8. The van der Waals surface area contributed by atoms with Crippen molar-refractivity contribution < 1.29 is 4.79 Å². The number of rotatable bonds is 8. The molecule has 1 saturated carbocycles. The molecule has 0 heterocycles. The van der Waals surface area contributed by atoms with Crippen LogP contribution in [-0.4, -0.2) is 42.0 Å². The number of carbonyl (C=O) groups excluding carboxylic acids is 1. The zero-order valence-electron chi connectivity index (χ0n) is 13.7. The fraction of sp³-hybridized carbons (Fsp3) is 0.938. The number of likely N-dealkylation sites (N-methyl/N-ethyl adjacent to an activating group) is 1. The molecule has 0 aliphatic heterocycles. The molecule has 0 aromatic heterocycles. The standard InChI is InChI=1S/C16H33N3O/c1-5-6-7-11-19(13(2)3)14-9-8-10-16(12-14,18-4)15(17)20/h13-14,18H,5-12H2,1-4H3,(H2,17,20). The van der Waals surface area contributed by atoms with Crippen molar-refractivity contribution in [3.63, 3.8) is 0 Å². The van der Waals surface area contributed by atoms with Crippen LogP contribution in [-0.2, 0) is 4.79 Å². The van der Waals surface area contributed by atoms with Crippen molar-refractivity contribution in [2.24, 2.45) is 5.73 Å². The van der Waals surface area contributed by atoms with Crippen LogP contribution >= 0.6 is 0 Å². The third-order valence-electron chi connectivity index (χ3n) is 4.83. The summed E-state index contributed by atoms with van der Waals surface area (Å²) in [7, 11) is 1.87. The highest BCUT2D eigenvalue weighted by molar-refractivity contribution is 5.84. The number of unbranched alkanes of at least 4 members (excludes halogenated alkanes) is 2. The fourth-order valence-electron chi connectivity index (χ4n) is 3.51. The molecule has 2 unspecified atom stereocenters. The number of hydrogen-bond acceptors (Lipinski definition) is 3. The zero-order chi connectivity index (χ0) is 15.2. The topological polar surface area (TPSA) is 58.4 Å². The van der Waals surface area contributed by atoms with Gasteiger partial charge < -0.3 is 11.1 Å². The van der Waals surface area contributed by atoms with E-state index in [1.165, 1.54) is 25.7 Å². The molecular weight excluding hydrogens is 250 g/mol. The quantitative estimate of drug-likeness (QED) is 0.672. The highest BCUT2D eigenvalue weighted by atomic mass is 16.1. The summed E-state index contributed by atoms with van der Waals surface area (Å²) < 4.78 is 0. The van der Waals surface area contributed by atoms with Gasteiger partial charge >= 0.3 is 0 Å². The average Bonchev–Trinajstić information content (AvgIpc) is 2.43. The second kappa shape index (κ2) is 7.99. The molecule has 0 spiro atoms. The lowest BCUT2D eigenvalue weighted by molar-refractivity contribution is -0.126. The van der Waals surface area contributed by atoms with Gasteiger partial charge in [-0.25, -0.2) is 0 Å². The summed E-state index contributed by atoms with van der Waals surface area (Å²) in [5, 5.41) is 3.21. The molecule has 1 amide bonds. The normalized spacial score (nSPS) is 27.2. The molecule has 20 heavy (non-hydrogen) atoms. The number of nitrogens with one attached hydrogen (secondary N) is 1. The summed E-state index contributed by atoms with van der Waals surface area (Å²) in [5.41, 5.74) is 5.15. The molecule has 3 N–H and O–H groups in total. The van der Waals surface area contributed by atoms with Crippen molar-refractivity contribution >= 4 is 5.91 Å². The number of primary amides is 1. The van der Waals surface area contributed by atoms with Gasteiger partial charge in [-0.05, 0) is 59.5 Å². The Morgan fingerprint density at radius 2 is 2.15 bits per heavy atom. The monoisotopic (exact) mass is 283 g/mol. The first-order valence-electron chi connectivity index (χ1n) is 8.21. The first-order chi connectivity index (χ1) is 9.46. The Morgan fingerprint density at radius 1 is 1.45 bits per heavy atom. The van der Waals surface area contributed by atoms with Gasteiger partial charge in [0.1, 0.15) is 0 Å². The third-order valence-corrected chi connectivity index (χ3v) is 4.83. The third kappa shape index (κ3) is 4.19. The van der Waals surface area contributed by atoms with Crippen LogP contribution in [0.15, 0.2) is 0 Å². The van der Waals surface area contributed by atoms with Gasteiger partial charge in [-0.1, -0.05) is 19.8 Å². The van der Waals surface area contributed by atoms with E-state index in [2.05, 4.69) is 31.0 Å². The lowest BCUT2D eigenvalue weighted by Crippen LogP contribution is -2.60. The van der Waals surface area contributed by atoms with Gasteiger partial charge in [-0.2, -0.15) is 0 Å². The average molecular weight is 283 g/mol. The van der Waals surface area contributed by atoms with E-state index in [9.17, 15) is 4.79 Å². The molecule has 118 valence electrons. The Morgan fingerprint density at radius 3 is 2.65 bits per heavy atom. The summed E-state index contributed by atoms with van der Waals surface area (Å²) in [6.45, 7) is 7.88. The Bertz CT molecular complexity index is 306. The summed E-state index contributed by atoms with van der Waals surface area (Å²) in [5.74, 6) is -0.193. The maximum absolute atomic E-state index is 11.8.